The third-order valence-corrected chi connectivity index (χ3v) is 2.38. The van der Waals surface area contributed by atoms with Gasteiger partial charge >= 0.3 is 0 Å². The van der Waals surface area contributed by atoms with Gasteiger partial charge in [0.25, 0.3) is 0 Å². The van der Waals surface area contributed by atoms with Crippen molar-refractivity contribution in [2.24, 2.45) is 0 Å². The first-order valence-corrected chi connectivity index (χ1v) is 4.87. The van der Waals surface area contributed by atoms with Crippen molar-refractivity contribution in [3.8, 4) is 0 Å². The molecule has 76 valence electrons. The minimum atomic E-state index is -0.155. The Labute approximate surface area is 83.1 Å². The Kier molecular flexibility index (Phi) is 2.79. The Morgan fingerprint density at radius 2 is 2.29 bits per heavy atom. The summed E-state index contributed by atoms with van der Waals surface area (Å²) in [7, 11) is 0. The van der Waals surface area contributed by atoms with Crippen LogP contribution in [-0.4, -0.2) is 18.9 Å². The predicted molar refractivity (Wildman–Crippen MR) is 52.4 cm³/mol. The summed E-state index contributed by atoms with van der Waals surface area (Å²) >= 11 is 0. The van der Waals surface area contributed by atoms with Crippen molar-refractivity contribution in [3.05, 3.63) is 35.6 Å². The first kappa shape index (κ1) is 9.62. The van der Waals surface area contributed by atoms with Crippen molar-refractivity contribution in [2.75, 3.05) is 6.61 Å². The first-order valence-electron chi connectivity index (χ1n) is 4.87. The van der Waals surface area contributed by atoms with Crippen molar-refractivity contribution in [1.29, 1.82) is 0 Å². The fraction of sp³-hybridized carbons (Fsp3) is 0.455. The van der Waals surface area contributed by atoms with Crippen molar-refractivity contribution < 1.29 is 9.13 Å². The lowest BCUT2D eigenvalue weighted by Gasteiger charge is -2.10. The summed E-state index contributed by atoms with van der Waals surface area (Å²) in [6.45, 7) is 2.76. The van der Waals surface area contributed by atoms with Crippen LogP contribution in [0.2, 0.25) is 0 Å². The Hall–Kier alpha value is -0.930. The maximum absolute atomic E-state index is 13.3. The van der Waals surface area contributed by atoms with Crippen LogP contribution < -0.4 is 5.32 Å². The zero-order valence-electron chi connectivity index (χ0n) is 8.16. The summed E-state index contributed by atoms with van der Waals surface area (Å²) in [5.41, 5.74) is 0.708. The van der Waals surface area contributed by atoms with E-state index in [1.807, 2.05) is 6.07 Å². The van der Waals surface area contributed by atoms with Gasteiger partial charge in [-0.3, -0.25) is 5.32 Å². The molecule has 1 aromatic rings. The molecule has 1 aromatic carbocycles. The second-order valence-electron chi connectivity index (χ2n) is 3.69. The molecule has 0 saturated carbocycles. The fourth-order valence-electron chi connectivity index (χ4n) is 1.66. The average molecular weight is 195 g/mol. The summed E-state index contributed by atoms with van der Waals surface area (Å²) < 4.78 is 18.7. The SMILES string of the molecule is CC1COC(Cc2ccccc2F)N1. The monoisotopic (exact) mass is 195 g/mol. The zero-order chi connectivity index (χ0) is 9.97. The minimum absolute atomic E-state index is 0.0399. The van der Waals surface area contributed by atoms with Gasteiger partial charge in [-0.25, -0.2) is 4.39 Å². The van der Waals surface area contributed by atoms with E-state index in [0.717, 1.165) is 0 Å². The maximum Gasteiger partial charge on any atom is 0.126 e. The second-order valence-corrected chi connectivity index (χ2v) is 3.69. The number of hydrogen-bond donors (Lipinski definition) is 1. The largest absolute Gasteiger partial charge is 0.361 e. The van der Waals surface area contributed by atoms with E-state index in [9.17, 15) is 4.39 Å². The second kappa shape index (κ2) is 4.07. The third-order valence-electron chi connectivity index (χ3n) is 2.38. The Morgan fingerprint density at radius 3 is 2.93 bits per heavy atom. The summed E-state index contributed by atoms with van der Waals surface area (Å²) in [5.74, 6) is -0.155. The Morgan fingerprint density at radius 1 is 1.50 bits per heavy atom. The molecule has 2 unspecified atom stereocenters. The molecule has 1 fully saturated rings. The highest BCUT2D eigenvalue weighted by Gasteiger charge is 2.21. The molecule has 1 aliphatic rings. The van der Waals surface area contributed by atoms with Gasteiger partial charge in [-0.05, 0) is 18.6 Å². The lowest BCUT2D eigenvalue weighted by Crippen LogP contribution is -2.30. The van der Waals surface area contributed by atoms with E-state index >= 15 is 0 Å². The number of rotatable bonds is 2. The molecule has 2 nitrogen and oxygen atoms in total. The summed E-state index contributed by atoms with van der Waals surface area (Å²) in [6.07, 6.45) is 0.554. The number of halogens is 1. The van der Waals surface area contributed by atoms with Gasteiger partial charge in [0.1, 0.15) is 12.0 Å². The van der Waals surface area contributed by atoms with E-state index in [1.165, 1.54) is 6.07 Å². The molecule has 14 heavy (non-hydrogen) atoms. The Bertz CT molecular complexity index is 316. The molecule has 0 aromatic heterocycles. The normalized spacial score (nSPS) is 26.7. The molecule has 2 atom stereocenters. The predicted octanol–water partition coefficient (Wildman–Crippen LogP) is 1.70. The number of nitrogens with one attached hydrogen (secondary N) is 1. The molecule has 0 spiro atoms. The van der Waals surface area contributed by atoms with Gasteiger partial charge in [0.15, 0.2) is 0 Å². The Balaban J connectivity index is 2.01. The molecule has 1 N–H and O–H groups in total. The van der Waals surface area contributed by atoms with Gasteiger partial charge in [0.05, 0.1) is 6.61 Å². The van der Waals surface area contributed by atoms with Crippen LogP contribution in [0.25, 0.3) is 0 Å². The highest BCUT2D eigenvalue weighted by atomic mass is 19.1. The van der Waals surface area contributed by atoms with Crippen LogP contribution in [-0.2, 0) is 11.2 Å². The van der Waals surface area contributed by atoms with Crippen molar-refractivity contribution in [2.45, 2.75) is 25.6 Å². The van der Waals surface area contributed by atoms with Crippen molar-refractivity contribution >= 4 is 0 Å². The van der Waals surface area contributed by atoms with E-state index in [1.54, 1.807) is 12.1 Å². The molecular weight excluding hydrogens is 181 g/mol. The van der Waals surface area contributed by atoms with Crippen molar-refractivity contribution in [3.63, 3.8) is 0 Å². The van der Waals surface area contributed by atoms with Crippen LogP contribution in [0.3, 0.4) is 0 Å². The van der Waals surface area contributed by atoms with E-state index in [4.69, 9.17) is 4.74 Å². The third kappa shape index (κ3) is 2.11. The summed E-state index contributed by atoms with van der Waals surface area (Å²) in [5, 5.41) is 3.24. The van der Waals surface area contributed by atoms with Gasteiger partial charge in [0, 0.05) is 12.5 Å². The fourth-order valence-corrected chi connectivity index (χ4v) is 1.66. The molecule has 0 aliphatic carbocycles. The van der Waals surface area contributed by atoms with E-state index in [-0.39, 0.29) is 12.0 Å². The van der Waals surface area contributed by atoms with Gasteiger partial charge in [-0.1, -0.05) is 18.2 Å². The van der Waals surface area contributed by atoms with E-state index in [0.29, 0.717) is 24.6 Å². The standard InChI is InChI=1S/C11H14FNO/c1-8-7-14-11(13-8)6-9-4-2-3-5-10(9)12/h2-5,8,11,13H,6-7H2,1H3. The summed E-state index contributed by atoms with van der Waals surface area (Å²) in [4.78, 5) is 0. The van der Waals surface area contributed by atoms with Crippen LogP contribution >= 0.6 is 0 Å². The van der Waals surface area contributed by atoms with Gasteiger partial charge < -0.3 is 4.74 Å². The highest BCUT2D eigenvalue weighted by Crippen LogP contribution is 2.12. The van der Waals surface area contributed by atoms with Crippen LogP contribution in [0.5, 0.6) is 0 Å². The van der Waals surface area contributed by atoms with E-state index in [2.05, 4.69) is 12.2 Å². The number of ether oxygens (including phenoxy) is 1. The number of benzene rings is 1. The molecular formula is C11H14FNO. The van der Waals surface area contributed by atoms with E-state index < -0.39 is 0 Å². The molecule has 1 heterocycles. The van der Waals surface area contributed by atoms with Gasteiger partial charge in [0.2, 0.25) is 0 Å². The van der Waals surface area contributed by atoms with Crippen LogP contribution in [0.4, 0.5) is 4.39 Å². The lowest BCUT2D eigenvalue weighted by atomic mass is 10.1. The number of hydrogen-bond acceptors (Lipinski definition) is 2. The molecule has 0 radical (unpaired) electrons. The van der Waals surface area contributed by atoms with Gasteiger partial charge in [-0.2, -0.15) is 0 Å². The highest BCUT2D eigenvalue weighted by molar-refractivity contribution is 5.18. The first-order chi connectivity index (χ1) is 6.75. The summed E-state index contributed by atoms with van der Waals surface area (Å²) in [6, 6.07) is 7.19. The molecule has 3 heteroatoms. The maximum atomic E-state index is 13.3. The zero-order valence-corrected chi connectivity index (χ0v) is 8.16. The lowest BCUT2D eigenvalue weighted by molar-refractivity contribution is 0.1000. The van der Waals surface area contributed by atoms with Crippen LogP contribution in [0.15, 0.2) is 24.3 Å². The average Bonchev–Trinajstić information content (AvgIpc) is 2.56. The van der Waals surface area contributed by atoms with Crippen LogP contribution in [0, 0.1) is 5.82 Å². The molecule has 2 rings (SSSR count). The van der Waals surface area contributed by atoms with Crippen molar-refractivity contribution in [1.82, 2.24) is 5.32 Å². The molecule has 0 bridgehead atoms. The topological polar surface area (TPSA) is 21.3 Å². The smallest absolute Gasteiger partial charge is 0.126 e. The quantitative estimate of drug-likeness (QED) is 0.775. The van der Waals surface area contributed by atoms with Crippen LogP contribution in [0.1, 0.15) is 12.5 Å². The molecule has 1 saturated heterocycles. The minimum Gasteiger partial charge on any atom is -0.361 e. The van der Waals surface area contributed by atoms with Gasteiger partial charge in [-0.15, -0.1) is 0 Å². The molecule has 1 aliphatic heterocycles. The molecule has 0 amide bonds.